The van der Waals surface area contributed by atoms with E-state index < -0.39 is 5.41 Å². The smallest absolute Gasteiger partial charge is 0.0619 e. The summed E-state index contributed by atoms with van der Waals surface area (Å²) in [5.74, 6) is 0. The predicted octanol–water partition coefficient (Wildman–Crippen LogP) is 16.3. The molecule has 61 heavy (non-hydrogen) atoms. The van der Waals surface area contributed by atoms with Gasteiger partial charge in [-0.05, 0) is 148 Å². The van der Waals surface area contributed by atoms with E-state index in [0.29, 0.717) is 0 Å². The monoisotopic (exact) mass is 766 g/mol. The van der Waals surface area contributed by atoms with Crippen LogP contribution < -0.4 is 0 Å². The van der Waals surface area contributed by atoms with Crippen molar-refractivity contribution in [2.45, 2.75) is 5.41 Å². The van der Waals surface area contributed by atoms with Gasteiger partial charge in [-0.3, -0.25) is 0 Å². The Hall–Kier alpha value is -7.80. The lowest BCUT2D eigenvalue weighted by atomic mass is 9.70. The molecule has 0 fully saturated rings. The lowest BCUT2D eigenvalue weighted by Crippen LogP contribution is -2.25. The number of benzene rings is 13. The summed E-state index contributed by atoms with van der Waals surface area (Å²) in [7, 11) is 0. The van der Waals surface area contributed by atoms with Crippen LogP contribution in [-0.4, -0.2) is 0 Å². The molecule has 15 rings (SSSR count). The molecule has 0 aromatic heterocycles. The number of hydrogen-bond donors (Lipinski definition) is 0. The fraction of sp³-hybridized carbons (Fsp3) is 0.0164. The van der Waals surface area contributed by atoms with Crippen LogP contribution in [0.25, 0.3) is 120 Å². The van der Waals surface area contributed by atoms with Crippen LogP contribution in [0.1, 0.15) is 22.3 Å². The minimum atomic E-state index is -0.463. The zero-order valence-corrected chi connectivity index (χ0v) is 33.1. The van der Waals surface area contributed by atoms with Crippen molar-refractivity contribution in [1.29, 1.82) is 0 Å². The Morgan fingerprint density at radius 3 is 1.33 bits per heavy atom. The second-order valence-corrected chi connectivity index (χ2v) is 17.4. The van der Waals surface area contributed by atoms with Gasteiger partial charge in [0.05, 0.1) is 5.41 Å². The van der Waals surface area contributed by atoms with E-state index in [-0.39, 0.29) is 0 Å². The Kier molecular flexibility index (Phi) is 5.93. The highest BCUT2D eigenvalue weighted by molar-refractivity contribution is 6.27. The molecule has 1 spiro atoms. The topological polar surface area (TPSA) is 0 Å². The lowest BCUT2D eigenvalue weighted by molar-refractivity contribution is 0.795. The first-order valence-electron chi connectivity index (χ1n) is 21.5. The third-order valence-corrected chi connectivity index (χ3v) is 14.8. The molecule has 0 radical (unpaired) electrons. The third-order valence-electron chi connectivity index (χ3n) is 14.8. The summed E-state index contributed by atoms with van der Waals surface area (Å²) in [5.41, 5.74) is 15.4. The van der Waals surface area contributed by atoms with E-state index in [1.165, 1.54) is 142 Å². The molecular formula is C61H34. The van der Waals surface area contributed by atoms with Crippen molar-refractivity contribution in [1.82, 2.24) is 0 Å². The molecule has 0 N–H and O–H groups in total. The molecule has 0 heteroatoms. The van der Waals surface area contributed by atoms with Crippen LogP contribution in [0.2, 0.25) is 0 Å². The maximum atomic E-state index is 2.55. The summed E-state index contributed by atoms with van der Waals surface area (Å²) in [4.78, 5) is 0. The highest BCUT2D eigenvalue weighted by atomic mass is 14.5. The summed E-state index contributed by atoms with van der Waals surface area (Å²) < 4.78 is 0. The van der Waals surface area contributed by atoms with Crippen molar-refractivity contribution in [3.63, 3.8) is 0 Å². The zero-order chi connectivity index (χ0) is 39.6. The highest BCUT2D eigenvalue weighted by Gasteiger charge is 2.52. The van der Waals surface area contributed by atoms with E-state index in [2.05, 4.69) is 206 Å². The second kappa shape index (κ2) is 11.3. The molecule has 2 aliphatic carbocycles. The molecule has 0 amide bonds. The Morgan fingerprint density at radius 1 is 0.230 bits per heavy atom. The van der Waals surface area contributed by atoms with Gasteiger partial charge in [0.2, 0.25) is 0 Å². The Bertz CT molecular complexity index is 3970. The van der Waals surface area contributed by atoms with Gasteiger partial charge in [0.25, 0.3) is 0 Å². The molecule has 13 aromatic carbocycles. The first-order valence-corrected chi connectivity index (χ1v) is 21.5. The van der Waals surface area contributed by atoms with E-state index in [4.69, 9.17) is 0 Å². The van der Waals surface area contributed by atoms with Crippen molar-refractivity contribution in [3.8, 4) is 44.5 Å². The van der Waals surface area contributed by atoms with Gasteiger partial charge in [-0.15, -0.1) is 0 Å². The summed E-state index contributed by atoms with van der Waals surface area (Å²) in [5, 5.41) is 18.4. The van der Waals surface area contributed by atoms with Crippen LogP contribution in [0.5, 0.6) is 0 Å². The lowest BCUT2D eigenvalue weighted by Gasteiger charge is -2.31. The van der Waals surface area contributed by atoms with Gasteiger partial charge in [-0.2, -0.15) is 0 Å². The van der Waals surface area contributed by atoms with Gasteiger partial charge in [0.1, 0.15) is 0 Å². The van der Waals surface area contributed by atoms with E-state index in [0.717, 1.165) is 0 Å². The first kappa shape index (κ1) is 32.1. The molecule has 0 atom stereocenters. The van der Waals surface area contributed by atoms with Crippen molar-refractivity contribution in [2.75, 3.05) is 0 Å². The molecule has 0 saturated heterocycles. The minimum Gasteiger partial charge on any atom is -0.0619 e. The Morgan fingerprint density at radius 2 is 0.689 bits per heavy atom. The molecule has 0 bridgehead atoms. The Balaban J connectivity index is 1.03. The van der Waals surface area contributed by atoms with E-state index in [9.17, 15) is 0 Å². The molecule has 2 aliphatic rings. The standard InChI is InChI=1S/C61H34/c1-3-16-52-46(12-1)47-13-2-4-17-53(47)61(52)54-33-32-45-43(44-28-23-40-21-19-36-9-6-11-38-25-30-50(44)59(40)57(36)38)14-7-15-48(45)60(54)51-31-26-41(34-55(51)61)42-27-22-39-20-18-35-8-5-10-37-24-29-49(42)58(39)56(35)37/h1-34H. The maximum Gasteiger partial charge on any atom is 0.0725 e. The molecule has 0 heterocycles. The van der Waals surface area contributed by atoms with E-state index in [1.54, 1.807) is 0 Å². The summed E-state index contributed by atoms with van der Waals surface area (Å²) >= 11 is 0. The van der Waals surface area contributed by atoms with Gasteiger partial charge >= 0.3 is 0 Å². The van der Waals surface area contributed by atoms with Crippen LogP contribution >= 0.6 is 0 Å². The average Bonchev–Trinajstić information content (AvgIpc) is 3.79. The van der Waals surface area contributed by atoms with Gasteiger partial charge in [0.15, 0.2) is 0 Å². The van der Waals surface area contributed by atoms with Crippen molar-refractivity contribution in [3.05, 3.63) is 229 Å². The maximum absolute atomic E-state index is 2.55. The first-order chi connectivity index (χ1) is 30.3. The van der Waals surface area contributed by atoms with Crippen LogP contribution in [-0.2, 0) is 5.41 Å². The molecular weight excluding hydrogens is 733 g/mol. The zero-order valence-electron chi connectivity index (χ0n) is 33.1. The van der Waals surface area contributed by atoms with Gasteiger partial charge < -0.3 is 0 Å². The molecule has 278 valence electrons. The van der Waals surface area contributed by atoms with Crippen LogP contribution in [0.3, 0.4) is 0 Å². The van der Waals surface area contributed by atoms with Gasteiger partial charge in [-0.1, -0.05) is 200 Å². The highest BCUT2D eigenvalue weighted by Crippen LogP contribution is 2.64. The van der Waals surface area contributed by atoms with Crippen LogP contribution in [0.4, 0.5) is 0 Å². The minimum absolute atomic E-state index is 0.463. The van der Waals surface area contributed by atoms with Crippen molar-refractivity contribution >= 4 is 75.4 Å². The number of hydrogen-bond acceptors (Lipinski definition) is 0. The quantitative estimate of drug-likeness (QED) is 0.154. The van der Waals surface area contributed by atoms with Crippen molar-refractivity contribution < 1.29 is 0 Å². The number of rotatable bonds is 2. The van der Waals surface area contributed by atoms with E-state index in [1.807, 2.05) is 0 Å². The fourth-order valence-electron chi connectivity index (χ4n) is 12.4. The second-order valence-electron chi connectivity index (χ2n) is 17.4. The average molecular weight is 767 g/mol. The SMILES string of the molecule is c1ccc2c(c1)-c1ccccc1C21c2cc(-c3ccc4ccc5cccc6ccc3c4c56)ccc2-c2c1ccc1c(-c3ccc4ccc5cccc6ccc3c4c56)cccc21. The van der Waals surface area contributed by atoms with Crippen LogP contribution in [0, 0.1) is 0 Å². The predicted molar refractivity (Wildman–Crippen MR) is 259 cm³/mol. The largest absolute Gasteiger partial charge is 0.0725 e. The third kappa shape index (κ3) is 3.88. The van der Waals surface area contributed by atoms with Gasteiger partial charge in [-0.25, -0.2) is 0 Å². The van der Waals surface area contributed by atoms with Crippen molar-refractivity contribution in [2.24, 2.45) is 0 Å². The molecule has 0 unspecified atom stereocenters. The molecule has 0 nitrogen and oxygen atoms in total. The summed E-state index contributed by atoms with van der Waals surface area (Å²) in [6.45, 7) is 0. The Labute approximate surface area is 352 Å². The molecule has 13 aromatic rings. The number of fused-ring (bicyclic) bond motifs is 12. The summed E-state index contributed by atoms with van der Waals surface area (Å²) in [6.07, 6.45) is 0. The van der Waals surface area contributed by atoms with E-state index >= 15 is 0 Å². The normalized spacial score (nSPS) is 13.7. The fourth-order valence-corrected chi connectivity index (χ4v) is 12.4. The van der Waals surface area contributed by atoms with Gasteiger partial charge in [0, 0.05) is 0 Å². The molecule has 0 aliphatic heterocycles. The van der Waals surface area contributed by atoms with Crippen LogP contribution in [0.15, 0.2) is 206 Å². The summed E-state index contributed by atoms with van der Waals surface area (Å²) in [6, 6.07) is 78.8. The molecule has 0 saturated carbocycles.